The van der Waals surface area contributed by atoms with Crippen molar-refractivity contribution in [1.82, 2.24) is 10.6 Å². The molecule has 31 heavy (non-hydrogen) atoms. The van der Waals surface area contributed by atoms with Gasteiger partial charge >= 0.3 is 6.09 Å². The minimum Gasteiger partial charge on any atom is -0.443 e. The lowest BCUT2D eigenvalue weighted by Crippen LogP contribution is -2.44. The molecule has 0 radical (unpaired) electrons. The van der Waals surface area contributed by atoms with Crippen molar-refractivity contribution in [1.29, 1.82) is 0 Å². The molecule has 1 aliphatic carbocycles. The Kier molecular flexibility index (Phi) is 11.3. The Labute approximate surface area is 194 Å². The van der Waals surface area contributed by atoms with Crippen LogP contribution in [0.25, 0.3) is 0 Å². The molecule has 0 saturated heterocycles. The van der Waals surface area contributed by atoms with E-state index in [1.54, 1.807) is 0 Å². The molecule has 6 heteroatoms. The molecule has 5 nitrogen and oxygen atoms in total. The van der Waals surface area contributed by atoms with Crippen LogP contribution < -0.4 is 5.59 Å². The van der Waals surface area contributed by atoms with Crippen LogP contribution in [0.1, 0.15) is 110 Å². The molecular weight excluding hydrogens is 412 g/mol. The maximum Gasteiger partial charge on any atom is 0.426 e. The van der Waals surface area contributed by atoms with Crippen molar-refractivity contribution in [2.45, 2.75) is 110 Å². The fourth-order valence-electron chi connectivity index (χ4n) is 4.28. The number of carbonyl (C=O) groups is 1. The first-order valence-electron chi connectivity index (χ1n) is 11.8. The lowest BCUT2D eigenvalue weighted by Gasteiger charge is -2.32. The first kappa shape index (κ1) is 27.7. The third-order valence-corrected chi connectivity index (χ3v) is 6.43. The average molecular weight is 455 g/mol. The van der Waals surface area contributed by atoms with E-state index in [9.17, 15) is 10.0 Å². The highest BCUT2D eigenvalue weighted by Gasteiger charge is 2.36. The summed E-state index contributed by atoms with van der Waals surface area (Å²) in [4.78, 5) is 12.2. The number of carbonyl (C=O) groups excluding carboxylic acids is 1. The summed E-state index contributed by atoms with van der Waals surface area (Å²) in [5, 5.41) is 11.4. The second-order valence-corrected chi connectivity index (χ2v) is 9.78. The highest BCUT2D eigenvalue weighted by atomic mass is 35.5. The molecule has 0 spiro atoms. The zero-order valence-electron chi connectivity index (χ0n) is 20.6. The Morgan fingerprint density at radius 2 is 1.90 bits per heavy atom. The molecule has 1 atom stereocenters. The maximum atomic E-state index is 12.2. The van der Waals surface area contributed by atoms with Gasteiger partial charge in [0, 0.05) is 11.6 Å². The van der Waals surface area contributed by atoms with Gasteiger partial charge in [0.1, 0.15) is 5.60 Å². The van der Waals surface area contributed by atoms with Gasteiger partial charge in [0.05, 0.1) is 0 Å². The van der Waals surface area contributed by atoms with Crippen LogP contribution in [0.2, 0.25) is 5.02 Å². The van der Waals surface area contributed by atoms with Gasteiger partial charge in [0.15, 0.2) is 0 Å². The van der Waals surface area contributed by atoms with E-state index in [1.165, 1.54) is 24.0 Å². The van der Waals surface area contributed by atoms with Crippen LogP contribution in [0.4, 0.5) is 4.79 Å². The summed E-state index contributed by atoms with van der Waals surface area (Å²) in [6.45, 7) is 14.2. The minimum atomic E-state index is -0.603. The average Bonchev–Trinajstić information content (AvgIpc) is 3.21. The van der Waals surface area contributed by atoms with Crippen LogP contribution in [-0.4, -0.2) is 28.5 Å². The smallest absolute Gasteiger partial charge is 0.426 e. The third kappa shape index (κ3) is 7.96. The third-order valence-electron chi connectivity index (χ3n) is 6.08. The van der Waals surface area contributed by atoms with Crippen LogP contribution in [0.3, 0.4) is 0 Å². The van der Waals surface area contributed by atoms with Gasteiger partial charge < -0.3 is 4.74 Å². The quantitative estimate of drug-likeness (QED) is 0.397. The van der Waals surface area contributed by atoms with E-state index < -0.39 is 11.7 Å². The number of hydrazine groups is 1. The summed E-state index contributed by atoms with van der Waals surface area (Å²) >= 11 is 6.48. The van der Waals surface area contributed by atoms with Crippen LogP contribution in [0, 0.1) is 0 Å². The van der Waals surface area contributed by atoms with E-state index in [2.05, 4.69) is 26.0 Å². The molecule has 2 rings (SSSR count). The topological polar surface area (TPSA) is 61.8 Å². The zero-order chi connectivity index (χ0) is 23.7. The summed E-state index contributed by atoms with van der Waals surface area (Å²) in [6, 6.07) is 6.52. The van der Waals surface area contributed by atoms with E-state index in [-0.39, 0.29) is 5.41 Å². The van der Waals surface area contributed by atoms with Crippen molar-refractivity contribution < 1.29 is 14.7 Å². The highest BCUT2D eigenvalue weighted by molar-refractivity contribution is 6.31. The number of ether oxygens (including phenoxy) is 1. The molecule has 0 heterocycles. The van der Waals surface area contributed by atoms with Crippen molar-refractivity contribution in [2.75, 3.05) is 6.54 Å². The Morgan fingerprint density at radius 3 is 2.42 bits per heavy atom. The van der Waals surface area contributed by atoms with Gasteiger partial charge in [-0.25, -0.2) is 9.80 Å². The van der Waals surface area contributed by atoms with Crippen molar-refractivity contribution in [3.05, 3.63) is 34.3 Å². The van der Waals surface area contributed by atoms with E-state index in [0.717, 1.165) is 42.1 Å². The number of nitrogens with zero attached hydrogens (tertiary/aromatic N) is 1. The second kappa shape index (κ2) is 12.7. The second-order valence-electron chi connectivity index (χ2n) is 9.37. The van der Waals surface area contributed by atoms with Gasteiger partial charge in [-0.05, 0) is 81.4 Å². The summed E-state index contributed by atoms with van der Waals surface area (Å²) in [7, 11) is 0. The minimum absolute atomic E-state index is 0.113. The summed E-state index contributed by atoms with van der Waals surface area (Å²) in [5.41, 5.74) is 4.08. The molecule has 1 amide bonds. The van der Waals surface area contributed by atoms with Crippen LogP contribution in [-0.2, 0) is 10.2 Å². The molecule has 178 valence electrons. The number of amides is 1. The molecule has 0 aliphatic heterocycles. The monoisotopic (exact) mass is 454 g/mol. The lowest BCUT2D eigenvalue weighted by atomic mass is 9.74. The Bertz CT molecular complexity index is 682. The van der Waals surface area contributed by atoms with E-state index in [4.69, 9.17) is 16.3 Å². The molecule has 1 saturated carbocycles. The summed E-state index contributed by atoms with van der Waals surface area (Å²) in [5.74, 6) is 0.433. The molecule has 1 aliphatic rings. The normalized spacial score (nSPS) is 16.3. The molecule has 1 aromatic carbocycles. The zero-order valence-corrected chi connectivity index (χ0v) is 21.3. The molecular formula is C25H43ClN2O3. The van der Waals surface area contributed by atoms with E-state index in [1.807, 2.05) is 46.3 Å². The Morgan fingerprint density at radius 1 is 1.29 bits per heavy atom. The fraction of sp³-hybridized carbons (Fsp3) is 0.720. The molecule has 1 aromatic rings. The first-order chi connectivity index (χ1) is 14.6. The van der Waals surface area contributed by atoms with E-state index in [0.29, 0.717) is 12.5 Å². The molecule has 2 N–H and O–H groups in total. The van der Waals surface area contributed by atoms with Crippen LogP contribution in [0.5, 0.6) is 0 Å². The Balaban J connectivity index is 0.00000233. The predicted octanol–water partition coefficient (Wildman–Crippen LogP) is 7.60. The van der Waals surface area contributed by atoms with Gasteiger partial charge in [-0.2, -0.15) is 0 Å². The van der Waals surface area contributed by atoms with Gasteiger partial charge in [0.2, 0.25) is 0 Å². The SMILES string of the molecule is CC.CCC(C)c1cc(C2(CCCN(NO)C(=O)OC(C)(C)C)CCCC2)ccc1Cl. The predicted molar refractivity (Wildman–Crippen MR) is 129 cm³/mol. The fourth-order valence-corrected chi connectivity index (χ4v) is 4.58. The molecule has 1 fully saturated rings. The van der Waals surface area contributed by atoms with Gasteiger partial charge in [-0.1, -0.05) is 64.3 Å². The van der Waals surface area contributed by atoms with Crippen LogP contribution in [0.15, 0.2) is 18.2 Å². The molecule has 1 unspecified atom stereocenters. The van der Waals surface area contributed by atoms with Crippen molar-refractivity contribution in [3.63, 3.8) is 0 Å². The summed E-state index contributed by atoms with van der Waals surface area (Å²) < 4.78 is 5.34. The first-order valence-corrected chi connectivity index (χ1v) is 12.2. The van der Waals surface area contributed by atoms with Gasteiger partial charge in [0.25, 0.3) is 0 Å². The standard InChI is InChI=1S/C23H37ClN2O3.C2H6/c1-6-17(2)19-16-18(10-11-20(19)24)23(12-7-8-13-23)14-9-15-26(25-28)21(27)29-22(3,4)5;1-2/h10-11,16-17,25,28H,6-9,12-15H2,1-5H3;1-2H3. The number of hydrogen-bond acceptors (Lipinski definition) is 4. The van der Waals surface area contributed by atoms with Gasteiger partial charge in [-0.3, -0.25) is 5.21 Å². The van der Waals surface area contributed by atoms with E-state index >= 15 is 0 Å². The number of nitrogens with one attached hydrogen (secondary N) is 1. The summed E-state index contributed by atoms with van der Waals surface area (Å²) in [6.07, 6.45) is 6.95. The van der Waals surface area contributed by atoms with Crippen LogP contribution >= 0.6 is 11.6 Å². The number of rotatable bonds is 8. The largest absolute Gasteiger partial charge is 0.443 e. The highest BCUT2D eigenvalue weighted by Crippen LogP contribution is 2.46. The molecule has 0 bridgehead atoms. The van der Waals surface area contributed by atoms with Crippen molar-refractivity contribution in [2.24, 2.45) is 0 Å². The van der Waals surface area contributed by atoms with Crippen molar-refractivity contribution >= 4 is 17.7 Å². The number of hydrogen-bond donors (Lipinski definition) is 2. The number of halogens is 1. The van der Waals surface area contributed by atoms with Crippen molar-refractivity contribution in [3.8, 4) is 0 Å². The molecule has 0 aromatic heterocycles. The maximum absolute atomic E-state index is 12.2. The Hall–Kier alpha value is -1.30. The van der Waals surface area contributed by atoms with Gasteiger partial charge in [-0.15, -0.1) is 5.59 Å². The lowest BCUT2D eigenvalue weighted by molar-refractivity contribution is -0.0450. The number of benzene rings is 1.